The maximum atomic E-state index is 12.4. The van der Waals surface area contributed by atoms with Crippen molar-refractivity contribution in [3.63, 3.8) is 0 Å². The Hall–Kier alpha value is -2.65. The molecule has 2 aliphatic heterocycles. The molecular weight excluding hydrogens is 378 g/mol. The number of imidazole rings is 1. The first-order valence-electron chi connectivity index (χ1n) is 7.80. The summed E-state index contributed by atoms with van der Waals surface area (Å²) in [5.41, 5.74) is 1.87. The molecule has 134 valence electrons. The van der Waals surface area contributed by atoms with Crippen molar-refractivity contribution in [2.24, 2.45) is 4.40 Å². The molecule has 0 aromatic carbocycles. The normalized spacial score (nSPS) is 18.3. The van der Waals surface area contributed by atoms with Gasteiger partial charge in [-0.25, -0.2) is 13.4 Å². The van der Waals surface area contributed by atoms with E-state index in [4.69, 9.17) is 11.6 Å². The predicted octanol–water partition coefficient (Wildman–Crippen LogP) is 1.10. The highest BCUT2D eigenvalue weighted by atomic mass is 35.5. The van der Waals surface area contributed by atoms with Gasteiger partial charge in [0.1, 0.15) is 11.5 Å². The van der Waals surface area contributed by atoms with Crippen LogP contribution in [0.5, 0.6) is 0 Å². The van der Waals surface area contributed by atoms with E-state index < -0.39 is 10.0 Å². The number of aromatic nitrogens is 2. The SMILES string of the molecule is O=C(NCc1cn2cc(Cl)ccc2n1)C1=CN2CCS(=O)(=O)N=C2C=C1. The first-order valence-corrected chi connectivity index (χ1v) is 9.79. The molecule has 1 amide bonds. The fourth-order valence-corrected chi connectivity index (χ4v) is 3.85. The van der Waals surface area contributed by atoms with Crippen molar-refractivity contribution in [3.8, 4) is 0 Å². The number of hydrogen-bond donors (Lipinski definition) is 1. The molecule has 8 nitrogen and oxygen atoms in total. The minimum Gasteiger partial charge on any atom is -0.346 e. The molecule has 2 aromatic rings. The summed E-state index contributed by atoms with van der Waals surface area (Å²) < 4.78 is 28.5. The highest BCUT2D eigenvalue weighted by Gasteiger charge is 2.24. The molecule has 4 rings (SSSR count). The Morgan fingerprint density at radius 1 is 1.27 bits per heavy atom. The van der Waals surface area contributed by atoms with Gasteiger partial charge in [0.2, 0.25) is 0 Å². The van der Waals surface area contributed by atoms with Gasteiger partial charge in [0.25, 0.3) is 15.9 Å². The molecule has 2 aliphatic rings. The molecule has 10 heteroatoms. The molecule has 0 bridgehead atoms. The first kappa shape index (κ1) is 16.8. The Balaban J connectivity index is 1.45. The van der Waals surface area contributed by atoms with Crippen LogP contribution in [0.2, 0.25) is 5.02 Å². The predicted molar refractivity (Wildman–Crippen MR) is 97.2 cm³/mol. The number of sulfonamides is 1. The van der Waals surface area contributed by atoms with Crippen LogP contribution < -0.4 is 5.32 Å². The molecule has 26 heavy (non-hydrogen) atoms. The van der Waals surface area contributed by atoms with Crippen LogP contribution in [0.4, 0.5) is 0 Å². The Kier molecular flexibility index (Phi) is 4.04. The third-order valence-electron chi connectivity index (χ3n) is 3.98. The van der Waals surface area contributed by atoms with Crippen molar-refractivity contribution in [2.75, 3.05) is 12.3 Å². The summed E-state index contributed by atoms with van der Waals surface area (Å²) in [6.07, 6.45) is 8.22. The summed E-state index contributed by atoms with van der Waals surface area (Å²) in [6, 6.07) is 3.55. The van der Waals surface area contributed by atoms with Gasteiger partial charge in [0.15, 0.2) is 0 Å². The average molecular weight is 392 g/mol. The van der Waals surface area contributed by atoms with Crippen molar-refractivity contribution < 1.29 is 13.2 Å². The van der Waals surface area contributed by atoms with Crippen molar-refractivity contribution in [1.29, 1.82) is 0 Å². The lowest BCUT2D eigenvalue weighted by molar-refractivity contribution is -0.117. The van der Waals surface area contributed by atoms with Crippen LogP contribution in [0.3, 0.4) is 0 Å². The van der Waals surface area contributed by atoms with Gasteiger partial charge in [0, 0.05) is 25.1 Å². The van der Waals surface area contributed by atoms with Gasteiger partial charge in [-0.05, 0) is 24.3 Å². The quantitative estimate of drug-likeness (QED) is 0.845. The number of fused-ring (bicyclic) bond motifs is 2. The van der Waals surface area contributed by atoms with Gasteiger partial charge in [0.05, 0.1) is 28.6 Å². The van der Waals surface area contributed by atoms with Crippen LogP contribution in [0.25, 0.3) is 5.65 Å². The van der Waals surface area contributed by atoms with Gasteiger partial charge in [-0.2, -0.15) is 0 Å². The third-order valence-corrected chi connectivity index (χ3v) is 5.37. The second-order valence-electron chi connectivity index (χ2n) is 5.87. The zero-order valence-corrected chi connectivity index (χ0v) is 15.0. The lowest BCUT2D eigenvalue weighted by Gasteiger charge is -2.26. The monoisotopic (exact) mass is 391 g/mol. The summed E-state index contributed by atoms with van der Waals surface area (Å²) in [4.78, 5) is 18.4. The molecule has 0 aliphatic carbocycles. The van der Waals surface area contributed by atoms with E-state index in [9.17, 15) is 13.2 Å². The van der Waals surface area contributed by atoms with Gasteiger partial charge >= 0.3 is 0 Å². The van der Waals surface area contributed by atoms with Crippen LogP contribution in [0.15, 0.2) is 52.8 Å². The van der Waals surface area contributed by atoms with Crippen LogP contribution in [0, 0.1) is 0 Å². The Morgan fingerprint density at radius 2 is 2.12 bits per heavy atom. The summed E-state index contributed by atoms with van der Waals surface area (Å²) in [7, 11) is -3.41. The van der Waals surface area contributed by atoms with E-state index in [0.717, 1.165) is 5.65 Å². The van der Waals surface area contributed by atoms with Crippen LogP contribution in [-0.4, -0.2) is 46.7 Å². The number of nitrogens with zero attached hydrogens (tertiary/aromatic N) is 4. The van der Waals surface area contributed by atoms with Crippen molar-refractivity contribution in [2.45, 2.75) is 6.54 Å². The van der Waals surface area contributed by atoms with Gasteiger partial charge in [-0.3, -0.25) is 4.79 Å². The Labute approximate surface area is 154 Å². The van der Waals surface area contributed by atoms with Crippen molar-refractivity contribution in [3.05, 3.63) is 59.2 Å². The number of pyridine rings is 1. The first-order chi connectivity index (χ1) is 12.4. The number of hydrogen-bond acceptors (Lipinski definition) is 5. The molecule has 0 radical (unpaired) electrons. The van der Waals surface area contributed by atoms with Gasteiger partial charge in [-0.1, -0.05) is 11.6 Å². The fourth-order valence-electron chi connectivity index (χ4n) is 2.71. The number of amidine groups is 1. The van der Waals surface area contributed by atoms with E-state index in [2.05, 4.69) is 14.7 Å². The van der Waals surface area contributed by atoms with E-state index in [-0.39, 0.29) is 24.7 Å². The molecule has 4 heterocycles. The molecule has 1 N–H and O–H groups in total. The largest absolute Gasteiger partial charge is 0.346 e. The Bertz CT molecular complexity index is 1100. The second kappa shape index (κ2) is 6.26. The highest BCUT2D eigenvalue weighted by Crippen LogP contribution is 2.16. The van der Waals surface area contributed by atoms with Gasteiger partial charge < -0.3 is 14.6 Å². The summed E-state index contributed by atoms with van der Waals surface area (Å²) in [5, 5.41) is 3.40. The maximum Gasteiger partial charge on any atom is 0.256 e. The van der Waals surface area contributed by atoms with E-state index in [1.165, 1.54) is 6.08 Å². The summed E-state index contributed by atoms with van der Waals surface area (Å²) >= 11 is 5.95. The molecule has 0 spiro atoms. The van der Waals surface area contributed by atoms with Crippen molar-refractivity contribution >= 4 is 39.0 Å². The molecule has 0 saturated heterocycles. The third kappa shape index (κ3) is 3.35. The van der Waals surface area contributed by atoms with Gasteiger partial charge in [-0.15, -0.1) is 4.40 Å². The van der Waals surface area contributed by atoms with Crippen LogP contribution in [0.1, 0.15) is 5.69 Å². The van der Waals surface area contributed by atoms with E-state index in [0.29, 0.717) is 22.1 Å². The fraction of sp³-hybridized carbons (Fsp3) is 0.188. The number of halogens is 1. The Morgan fingerprint density at radius 3 is 2.96 bits per heavy atom. The topological polar surface area (TPSA) is 96.1 Å². The molecular formula is C16H14ClN5O3S. The lowest BCUT2D eigenvalue weighted by atomic mass is 10.2. The maximum absolute atomic E-state index is 12.4. The van der Waals surface area contributed by atoms with Crippen molar-refractivity contribution in [1.82, 2.24) is 19.6 Å². The number of amides is 1. The summed E-state index contributed by atoms with van der Waals surface area (Å²) in [5.74, 6) is -0.0200. The molecule has 0 atom stereocenters. The number of carbonyl (C=O) groups excluding carboxylic acids is 1. The number of carbonyl (C=O) groups is 1. The van der Waals surface area contributed by atoms with E-state index in [1.807, 2.05) is 0 Å². The lowest BCUT2D eigenvalue weighted by Crippen LogP contribution is -2.38. The number of rotatable bonds is 3. The standard InChI is InChI=1S/C16H14ClN5O3S/c17-12-2-4-14-19-13(10-22(14)9-12)7-18-16(23)11-1-3-15-20-26(24,25)6-5-21(15)8-11/h1-4,8-10H,5-7H2,(H,18,23). The zero-order valence-electron chi connectivity index (χ0n) is 13.5. The molecule has 0 fully saturated rings. The minimum absolute atomic E-state index is 0.0699. The highest BCUT2D eigenvalue weighted by molar-refractivity contribution is 7.90. The molecule has 0 saturated carbocycles. The minimum atomic E-state index is -3.41. The van der Waals surface area contributed by atoms with E-state index in [1.54, 1.807) is 46.1 Å². The molecule has 0 unspecified atom stereocenters. The smallest absolute Gasteiger partial charge is 0.256 e. The average Bonchev–Trinajstić information content (AvgIpc) is 3.00. The number of nitrogens with one attached hydrogen (secondary N) is 1. The summed E-state index contributed by atoms with van der Waals surface area (Å²) in [6.45, 7) is 0.536. The van der Waals surface area contributed by atoms with Crippen LogP contribution in [-0.2, 0) is 21.4 Å². The zero-order chi connectivity index (χ0) is 18.3. The molecule has 2 aromatic heterocycles. The van der Waals surface area contributed by atoms with E-state index >= 15 is 0 Å². The second-order valence-corrected chi connectivity index (χ2v) is 8.07. The van der Waals surface area contributed by atoms with Crippen LogP contribution >= 0.6 is 11.6 Å².